The number of likely N-dealkylation sites (N-methyl/N-ethyl adjacent to an activating group) is 1. The Morgan fingerprint density at radius 2 is 1.97 bits per heavy atom. The normalized spacial score (nSPS) is 17.3. The zero-order valence-corrected chi connectivity index (χ0v) is 16.8. The molecular formula is C21H23ClF3N3O. The highest BCUT2D eigenvalue weighted by Crippen LogP contribution is 2.36. The number of anilines is 1. The fourth-order valence-electron chi connectivity index (χ4n) is 3.64. The van der Waals surface area contributed by atoms with Crippen LogP contribution in [0.2, 0.25) is 5.02 Å². The van der Waals surface area contributed by atoms with E-state index in [-0.39, 0.29) is 11.7 Å². The van der Waals surface area contributed by atoms with E-state index in [0.717, 1.165) is 38.2 Å². The zero-order valence-electron chi connectivity index (χ0n) is 16.0. The molecule has 0 aromatic heterocycles. The first-order valence-corrected chi connectivity index (χ1v) is 9.86. The third-order valence-electron chi connectivity index (χ3n) is 5.06. The van der Waals surface area contributed by atoms with E-state index in [4.69, 9.17) is 11.6 Å². The Bertz CT molecular complexity index is 845. The van der Waals surface area contributed by atoms with E-state index in [2.05, 4.69) is 22.3 Å². The standard InChI is InChI=1S/C21H23ClF3N3O/c1-2-28(17-10-11-27(14-17)13-15-6-4-3-5-7-15)20(29)26-16-8-9-19(22)18(12-16)21(23,24)25/h3-9,12,17H,2,10-11,13-14H2,1H3,(H,26,29). The van der Waals surface area contributed by atoms with Gasteiger partial charge in [-0.15, -0.1) is 0 Å². The summed E-state index contributed by atoms with van der Waals surface area (Å²) in [5.74, 6) is 0. The Morgan fingerprint density at radius 1 is 1.24 bits per heavy atom. The topological polar surface area (TPSA) is 35.6 Å². The van der Waals surface area contributed by atoms with Crippen LogP contribution in [0.3, 0.4) is 0 Å². The van der Waals surface area contributed by atoms with Crippen LogP contribution in [0.25, 0.3) is 0 Å². The van der Waals surface area contributed by atoms with Crippen molar-refractivity contribution in [3.63, 3.8) is 0 Å². The number of carbonyl (C=O) groups is 1. The van der Waals surface area contributed by atoms with Gasteiger partial charge in [-0.3, -0.25) is 4.90 Å². The Labute approximate surface area is 173 Å². The summed E-state index contributed by atoms with van der Waals surface area (Å²) < 4.78 is 39.1. The molecule has 1 atom stereocenters. The van der Waals surface area contributed by atoms with E-state index in [1.165, 1.54) is 11.6 Å². The molecule has 1 aliphatic rings. The molecule has 1 N–H and O–H groups in total. The quantitative estimate of drug-likeness (QED) is 0.687. The molecule has 1 saturated heterocycles. The van der Waals surface area contributed by atoms with Gasteiger partial charge in [0.05, 0.1) is 10.6 Å². The number of rotatable bonds is 5. The number of nitrogens with one attached hydrogen (secondary N) is 1. The molecule has 1 fully saturated rings. The van der Waals surface area contributed by atoms with E-state index >= 15 is 0 Å². The van der Waals surface area contributed by atoms with Crippen LogP contribution in [0.1, 0.15) is 24.5 Å². The van der Waals surface area contributed by atoms with Crippen molar-refractivity contribution in [3.8, 4) is 0 Å². The third-order valence-corrected chi connectivity index (χ3v) is 5.39. The van der Waals surface area contributed by atoms with Gasteiger partial charge in [0.1, 0.15) is 0 Å². The largest absolute Gasteiger partial charge is 0.417 e. The molecule has 1 unspecified atom stereocenters. The lowest BCUT2D eigenvalue weighted by Crippen LogP contribution is -2.44. The van der Waals surface area contributed by atoms with Gasteiger partial charge in [0.15, 0.2) is 0 Å². The van der Waals surface area contributed by atoms with Crippen molar-refractivity contribution < 1.29 is 18.0 Å². The summed E-state index contributed by atoms with van der Waals surface area (Å²) in [6.45, 7) is 4.73. The number of amides is 2. The summed E-state index contributed by atoms with van der Waals surface area (Å²) in [7, 11) is 0. The predicted molar refractivity (Wildman–Crippen MR) is 108 cm³/mol. The first-order valence-electron chi connectivity index (χ1n) is 9.48. The summed E-state index contributed by atoms with van der Waals surface area (Å²) >= 11 is 5.64. The zero-order chi connectivity index (χ0) is 21.0. The number of likely N-dealkylation sites (tertiary alicyclic amines) is 1. The maximum Gasteiger partial charge on any atom is 0.417 e. The highest BCUT2D eigenvalue weighted by atomic mass is 35.5. The van der Waals surface area contributed by atoms with E-state index < -0.39 is 22.8 Å². The van der Waals surface area contributed by atoms with Crippen LogP contribution in [0, 0.1) is 0 Å². The first-order chi connectivity index (χ1) is 13.8. The molecular weight excluding hydrogens is 403 g/mol. The van der Waals surface area contributed by atoms with E-state index in [9.17, 15) is 18.0 Å². The molecule has 0 spiro atoms. The molecule has 0 radical (unpaired) electrons. The molecule has 0 bridgehead atoms. The van der Waals surface area contributed by atoms with E-state index in [0.29, 0.717) is 6.54 Å². The third kappa shape index (κ3) is 5.42. The number of benzene rings is 2. The van der Waals surface area contributed by atoms with Crippen molar-refractivity contribution in [2.24, 2.45) is 0 Å². The van der Waals surface area contributed by atoms with Gasteiger partial charge in [-0.05, 0) is 37.1 Å². The summed E-state index contributed by atoms with van der Waals surface area (Å²) in [5, 5.41) is 2.19. The van der Waals surface area contributed by atoms with Crippen molar-refractivity contribution in [1.82, 2.24) is 9.80 Å². The SMILES string of the molecule is CCN(C(=O)Nc1ccc(Cl)c(C(F)(F)F)c1)C1CCN(Cc2ccccc2)C1. The maximum atomic E-state index is 13.0. The summed E-state index contributed by atoms with van der Waals surface area (Å²) in [6, 6.07) is 13.1. The fraction of sp³-hybridized carbons (Fsp3) is 0.381. The van der Waals surface area contributed by atoms with Crippen LogP contribution in [0.5, 0.6) is 0 Å². The van der Waals surface area contributed by atoms with Gasteiger partial charge in [0.25, 0.3) is 0 Å². The lowest BCUT2D eigenvalue weighted by atomic mass is 10.2. The highest BCUT2D eigenvalue weighted by molar-refractivity contribution is 6.31. The second-order valence-corrected chi connectivity index (χ2v) is 7.48. The predicted octanol–water partition coefficient (Wildman–Crippen LogP) is 5.49. The second kappa shape index (κ2) is 9.05. The monoisotopic (exact) mass is 425 g/mol. The van der Waals surface area contributed by atoms with Gasteiger partial charge < -0.3 is 10.2 Å². The number of hydrogen-bond acceptors (Lipinski definition) is 2. The molecule has 1 heterocycles. The Morgan fingerprint density at radius 3 is 2.62 bits per heavy atom. The Kier molecular flexibility index (Phi) is 6.70. The van der Waals surface area contributed by atoms with Gasteiger partial charge >= 0.3 is 12.2 Å². The number of nitrogens with zero attached hydrogens (tertiary/aromatic N) is 2. The van der Waals surface area contributed by atoms with Gasteiger partial charge in [-0.2, -0.15) is 13.2 Å². The van der Waals surface area contributed by atoms with Gasteiger partial charge in [-0.1, -0.05) is 41.9 Å². The molecule has 0 aliphatic carbocycles. The van der Waals surface area contributed by atoms with Gasteiger partial charge in [0, 0.05) is 37.9 Å². The fourth-order valence-corrected chi connectivity index (χ4v) is 3.86. The lowest BCUT2D eigenvalue weighted by Gasteiger charge is -2.28. The van der Waals surface area contributed by atoms with Crippen LogP contribution in [-0.2, 0) is 12.7 Å². The van der Waals surface area contributed by atoms with Crippen molar-refractivity contribution in [3.05, 3.63) is 64.7 Å². The second-order valence-electron chi connectivity index (χ2n) is 7.07. The lowest BCUT2D eigenvalue weighted by molar-refractivity contribution is -0.137. The molecule has 4 nitrogen and oxygen atoms in total. The maximum absolute atomic E-state index is 13.0. The van der Waals surface area contributed by atoms with E-state index in [1.54, 1.807) is 4.90 Å². The summed E-state index contributed by atoms with van der Waals surface area (Å²) in [5.41, 5.74) is 0.320. The van der Waals surface area contributed by atoms with Crippen LogP contribution in [-0.4, -0.2) is 41.5 Å². The number of hydrogen-bond donors (Lipinski definition) is 1. The molecule has 8 heteroatoms. The molecule has 0 saturated carbocycles. The van der Waals surface area contributed by atoms with Gasteiger partial charge in [0.2, 0.25) is 0 Å². The smallest absolute Gasteiger partial charge is 0.320 e. The Balaban J connectivity index is 1.64. The molecule has 29 heavy (non-hydrogen) atoms. The van der Waals surface area contributed by atoms with Crippen molar-refractivity contribution in [1.29, 1.82) is 0 Å². The van der Waals surface area contributed by atoms with Crippen molar-refractivity contribution in [2.45, 2.75) is 32.1 Å². The molecule has 2 aromatic carbocycles. The number of alkyl halides is 3. The first kappa shape index (κ1) is 21.5. The van der Waals surface area contributed by atoms with Crippen LogP contribution >= 0.6 is 11.6 Å². The summed E-state index contributed by atoms with van der Waals surface area (Å²) in [4.78, 5) is 16.7. The minimum atomic E-state index is -4.58. The van der Waals surface area contributed by atoms with E-state index in [1.807, 2.05) is 25.1 Å². The molecule has 156 valence electrons. The molecule has 1 aliphatic heterocycles. The Hall–Kier alpha value is -2.25. The van der Waals surface area contributed by atoms with Crippen LogP contribution in [0.15, 0.2) is 48.5 Å². The molecule has 3 rings (SSSR count). The number of halogens is 4. The summed E-state index contributed by atoms with van der Waals surface area (Å²) in [6.07, 6.45) is -3.76. The average molecular weight is 426 g/mol. The minimum absolute atomic E-state index is 0.0121. The number of carbonyl (C=O) groups excluding carboxylic acids is 1. The van der Waals surface area contributed by atoms with Crippen molar-refractivity contribution >= 4 is 23.3 Å². The van der Waals surface area contributed by atoms with Crippen LogP contribution in [0.4, 0.5) is 23.7 Å². The minimum Gasteiger partial charge on any atom is -0.320 e. The highest BCUT2D eigenvalue weighted by Gasteiger charge is 2.34. The number of urea groups is 1. The average Bonchev–Trinajstić information content (AvgIpc) is 3.12. The molecule has 2 amide bonds. The van der Waals surface area contributed by atoms with Crippen molar-refractivity contribution in [2.75, 3.05) is 25.0 Å². The molecule has 2 aromatic rings. The van der Waals surface area contributed by atoms with Crippen LogP contribution < -0.4 is 5.32 Å². The van der Waals surface area contributed by atoms with Gasteiger partial charge in [-0.25, -0.2) is 4.79 Å².